The fourth-order valence-corrected chi connectivity index (χ4v) is 5.24. The molecule has 2 aromatic carbocycles. The Morgan fingerprint density at radius 2 is 1.74 bits per heavy atom. The van der Waals surface area contributed by atoms with Crippen molar-refractivity contribution in [2.24, 2.45) is 0 Å². The summed E-state index contributed by atoms with van der Waals surface area (Å²) in [5.41, 5.74) is 0.433. The SMILES string of the molecule is O=C(NCCCN1CCOCC1)[C@H]1CN(S(=O)(=O)c2ccccc2)c2ccccc2O1. The third kappa shape index (κ3) is 5.00. The first kappa shape index (κ1) is 21.6. The lowest BCUT2D eigenvalue weighted by Gasteiger charge is -2.34. The number of nitrogens with zero attached hydrogens (tertiary/aromatic N) is 2. The average molecular weight is 446 g/mol. The third-order valence-electron chi connectivity index (χ3n) is 5.41. The molecule has 1 N–H and O–H groups in total. The zero-order valence-electron chi connectivity index (χ0n) is 17.3. The van der Waals surface area contributed by atoms with Gasteiger partial charge < -0.3 is 14.8 Å². The van der Waals surface area contributed by atoms with Crippen LogP contribution in [0.2, 0.25) is 0 Å². The summed E-state index contributed by atoms with van der Waals surface area (Å²) in [5.74, 6) is 0.0615. The van der Waals surface area contributed by atoms with Gasteiger partial charge in [-0.2, -0.15) is 0 Å². The maximum Gasteiger partial charge on any atom is 0.264 e. The Hall–Kier alpha value is -2.62. The lowest BCUT2D eigenvalue weighted by atomic mass is 10.2. The fourth-order valence-electron chi connectivity index (χ4n) is 3.74. The van der Waals surface area contributed by atoms with Crippen molar-refractivity contribution in [2.45, 2.75) is 17.4 Å². The minimum absolute atomic E-state index is 0.0798. The summed E-state index contributed by atoms with van der Waals surface area (Å²) >= 11 is 0. The molecular weight excluding hydrogens is 418 g/mol. The highest BCUT2D eigenvalue weighted by Crippen LogP contribution is 2.36. The van der Waals surface area contributed by atoms with Crippen LogP contribution in [0, 0.1) is 0 Å². The lowest BCUT2D eigenvalue weighted by Crippen LogP contribution is -2.51. The Morgan fingerprint density at radius 3 is 2.52 bits per heavy atom. The molecule has 2 heterocycles. The normalized spacial score (nSPS) is 19.4. The number of ether oxygens (including phenoxy) is 2. The van der Waals surface area contributed by atoms with E-state index in [0.717, 1.165) is 39.3 Å². The molecule has 0 saturated carbocycles. The quantitative estimate of drug-likeness (QED) is 0.650. The monoisotopic (exact) mass is 445 g/mol. The molecule has 8 nitrogen and oxygen atoms in total. The van der Waals surface area contributed by atoms with Gasteiger partial charge in [0.2, 0.25) is 0 Å². The van der Waals surface area contributed by atoms with E-state index in [1.807, 2.05) is 0 Å². The Morgan fingerprint density at radius 1 is 1.03 bits per heavy atom. The number of morpholine rings is 1. The van der Waals surface area contributed by atoms with Gasteiger partial charge in [-0.15, -0.1) is 0 Å². The van der Waals surface area contributed by atoms with Crippen molar-refractivity contribution >= 4 is 21.6 Å². The predicted octanol–water partition coefficient (Wildman–Crippen LogP) is 1.48. The molecule has 9 heteroatoms. The summed E-state index contributed by atoms with van der Waals surface area (Å²) in [6.45, 7) is 4.60. The van der Waals surface area contributed by atoms with E-state index in [-0.39, 0.29) is 17.3 Å². The van der Waals surface area contributed by atoms with Crippen molar-refractivity contribution in [3.05, 3.63) is 54.6 Å². The van der Waals surface area contributed by atoms with Crippen LogP contribution in [-0.4, -0.2) is 71.3 Å². The summed E-state index contributed by atoms with van der Waals surface area (Å²) in [7, 11) is -3.83. The van der Waals surface area contributed by atoms with Gasteiger partial charge in [-0.05, 0) is 37.2 Å². The Labute approximate surface area is 182 Å². The first-order valence-electron chi connectivity index (χ1n) is 10.5. The first-order valence-corrected chi connectivity index (χ1v) is 11.9. The van der Waals surface area contributed by atoms with Gasteiger partial charge in [0.25, 0.3) is 15.9 Å². The van der Waals surface area contributed by atoms with E-state index in [0.29, 0.717) is 18.0 Å². The molecule has 0 bridgehead atoms. The largest absolute Gasteiger partial charge is 0.476 e. The highest BCUT2D eigenvalue weighted by Gasteiger charge is 2.37. The van der Waals surface area contributed by atoms with Crippen LogP contribution >= 0.6 is 0 Å². The number of carbonyl (C=O) groups is 1. The summed E-state index contributed by atoms with van der Waals surface area (Å²) in [6, 6.07) is 15.1. The Kier molecular flexibility index (Phi) is 6.74. The van der Waals surface area contributed by atoms with E-state index >= 15 is 0 Å². The topological polar surface area (TPSA) is 88.2 Å². The van der Waals surface area contributed by atoms with Gasteiger partial charge in [-0.1, -0.05) is 30.3 Å². The molecule has 1 atom stereocenters. The smallest absolute Gasteiger partial charge is 0.264 e. The molecular formula is C22H27N3O5S. The van der Waals surface area contributed by atoms with Crippen LogP contribution in [0.1, 0.15) is 6.42 Å². The number of amides is 1. The number of hydrogen-bond acceptors (Lipinski definition) is 6. The highest BCUT2D eigenvalue weighted by atomic mass is 32.2. The van der Waals surface area contributed by atoms with Crippen molar-refractivity contribution in [1.82, 2.24) is 10.2 Å². The molecule has 0 radical (unpaired) electrons. The minimum atomic E-state index is -3.83. The number of hydrogen-bond donors (Lipinski definition) is 1. The van der Waals surface area contributed by atoms with Gasteiger partial charge >= 0.3 is 0 Å². The summed E-state index contributed by atoms with van der Waals surface area (Å²) in [5, 5.41) is 2.89. The number of anilines is 1. The maximum atomic E-state index is 13.3. The molecule has 2 aromatic rings. The zero-order chi connectivity index (χ0) is 21.7. The van der Waals surface area contributed by atoms with Crippen LogP contribution < -0.4 is 14.4 Å². The third-order valence-corrected chi connectivity index (χ3v) is 7.21. The molecule has 1 fully saturated rings. The van der Waals surface area contributed by atoms with Crippen molar-refractivity contribution in [1.29, 1.82) is 0 Å². The van der Waals surface area contributed by atoms with Gasteiger partial charge in [0.1, 0.15) is 5.75 Å². The first-order chi connectivity index (χ1) is 15.1. The zero-order valence-corrected chi connectivity index (χ0v) is 18.1. The number of sulfonamides is 1. The van der Waals surface area contributed by atoms with Crippen molar-refractivity contribution in [3.63, 3.8) is 0 Å². The molecule has 2 aliphatic heterocycles. The van der Waals surface area contributed by atoms with Crippen molar-refractivity contribution < 1.29 is 22.7 Å². The van der Waals surface area contributed by atoms with E-state index in [2.05, 4.69) is 10.2 Å². The molecule has 2 aliphatic rings. The summed E-state index contributed by atoms with van der Waals surface area (Å²) < 4.78 is 39.0. The fraction of sp³-hybridized carbons (Fsp3) is 0.409. The Balaban J connectivity index is 1.43. The van der Waals surface area contributed by atoms with E-state index in [9.17, 15) is 13.2 Å². The number of carbonyl (C=O) groups excluding carboxylic acids is 1. The molecule has 0 aliphatic carbocycles. The second-order valence-electron chi connectivity index (χ2n) is 7.52. The molecule has 0 aromatic heterocycles. The Bertz CT molecular complexity index is 993. The maximum absolute atomic E-state index is 13.3. The van der Waals surface area contributed by atoms with Crippen LogP contribution in [-0.2, 0) is 19.6 Å². The number of fused-ring (bicyclic) bond motifs is 1. The molecule has 1 saturated heterocycles. The van der Waals surface area contributed by atoms with E-state index in [4.69, 9.17) is 9.47 Å². The van der Waals surface area contributed by atoms with Crippen LogP contribution in [0.15, 0.2) is 59.5 Å². The lowest BCUT2D eigenvalue weighted by molar-refractivity contribution is -0.127. The number of rotatable bonds is 7. The van der Waals surface area contributed by atoms with Crippen molar-refractivity contribution in [2.75, 3.05) is 50.2 Å². The van der Waals surface area contributed by atoms with E-state index in [1.54, 1.807) is 54.6 Å². The van der Waals surface area contributed by atoms with Crippen LogP contribution in [0.3, 0.4) is 0 Å². The van der Waals surface area contributed by atoms with Gasteiger partial charge in [0.05, 0.1) is 30.3 Å². The van der Waals surface area contributed by atoms with E-state index < -0.39 is 16.1 Å². The standard InChI is InChI=1S/C22H27N3O5S/c26-22(23-11-6-12-24-13-15-29-16-14-24)21-17-25(19-9-4-5-10-20(19)30-21)31(27,28)18-7-2-1-3-8-18/h1-5,7-10,21H,6,11-17H2,(H,23,26)/t21-/m1/s1. The molecule has 31 heavy (non-hydrogen) atoms. The van der Waals surface area contributed by atoms with Crippen LogP contribution in [0.4, 0.5) is 5.69 Å². The van der Waals surface area contributed by atoms with Gasteiger partial charge in [0.15, 0.2) is 6.10 Å². The molecule has 166 valence electrons. The van der Waals surface area contributed by atoms with Gasteiger partial charge in [-0.25, -0.2) is 8.42 Å². The summed E-state index contributed by atoms with van der Waals surface area (Å²) in [4.78, 5) is 15.3. The number of nitrogens with one attached hydrogen (secondary N) is 1. The van der Waals surface area contributed by atoms with Gasteiger partial charge in [-0.3, -0.25) is 14.0 Å². The second kappa shape index (κ2) is 9.67. The van der Waals surface area contributed by atoms with Gasteiger partial charge in [0, 0.05) is 19.6 Å². The predicted molar refractivity (Wildman–Crippen MR) is 117 cm³/mol. The number of benzene rings is 2. The highest BCUT2D eigenvalue weighted by molar-refractivity contribution is 7.92. The van der Waals surface area contributed by atoms with Crippen molar-refractivity contribution in [3.8, 4) is 5.75 Å². The molecule has 0 spiro atoms. The van der Waals surface area contributed by atoms with E-state index in [1.165, 1.54) is 4.31 Å². The minimum Gasteiger partial charge on any atom is -0.476 e. The molecule has 4 rings (SSSR count). The molecule has 0 unspecified atom stereocenters. The molecule has 1 amide bonds. The van der Waals surface area contributed by atoms with Crippen LogP contribution in [0.5, 0.6) is 5.75 Å². The van der Waals surface area contributed by atoms with Crippen LogP contribution in [0.25, 0.3) is 0 Å². The average Bonchev–Trinajstić information content (AvgIpc) is 2.82. The second-order valence-corrected chi connectivity index (χ2v) is 9.38. The summed E-state index contributed by atoms with van der Waals surface area (Å²) in [6.07, 6.45) is -0.113. The number of para-hydroxylation sites is 2.